The smallest absolute Gasteiger partial charge is 0.0964 e. The highest BCUT2D eigenvalue weighted by molar-refractivity contribution is 5.77. The summed E-state index contributed by atoms with van der Waals surface area (Å²) >= 11 is 0. The fraction of sp³-hybridized carbons (Fsp3) is 0.400. The first-order valence-corrected chi connectivity index (χ1v) is 9.26. The van der Waals surface area contributed by atoms with Gasteiger partial charge in [0.15, 0.2) is 0 Å². The van der Waals surface area contributed by atoms with Crippen LogP contribution in [0.25, 0.3) is 22.5 Å². The molecule has 2 N–H and O–H groups in total. The second-order valence-electron chi connectivity index (χ2n) is 6.55. The monoisotopic (exact) mass is 369 g/mol. The van der Waals surface area contributed by atoms with Gasteiger partial charge < -0.3 is 14.8 Å². The van der Waals surface area contributed by atoms with Crippen LogP contribution in [0, 0.1) is 0 Å². The third-order valence-electron chi connectivity index (χ3n) is 4.57. The van der Waals surface area contributed by atoms with Crippen LogP contribution in [-0.4, -0.2) is 67.3 Å². The molecule has 0 fully saturated rings. The van der Waals surface area contributed by atoms with Crippen LogP contribution in [0.1, 0.15) is 6.42 Å². The van der Waals surface area contributed by atoms with Crippen molar-refractivity contribution in [3.8, 4) is 22.5 Å². The first-order chi connectivity index (χ1) is 13.2. The number of rotatable bonds is 10. The van der Waals surface area contributed by atoms with Crippen molar-refractivity contribution in [3.63, 3.8) is 0 Å². The molecule has 0 unspecified atom stereocenters. The van der Waals surface area contributed by atoms with E-state index in [9.17, 15) is 0 Å². The molecule has 0 amide bonds. The lowest BCUT2D eigenvalue weighted by atomic mass is 10.1. The molecule has 2 aromatic heterocycles. The molecule has 1 aromatic carbocycles. The normalized spacial score (nSPS) is 11.4. The quantitative estimate of drug-likeness (QED) is 0.568. The van der Waals surface area contributed by atoms with Crippen LogP contribution < -0.4 is 0 Å². The van der Waals surface area contributed by atoms with Crippen LogP contribution in [0.15, 0.2) is 49.1 Å². The molecule has 0 bridgehead atoms. The summed E-state index contributed by atoms with van der Waals surface area (Å²) in [7, 11) is 1.91. The molecular weight excluding hydrogens is 342 g/mol. The summed E-state index contributed by atoms with van der Waals surface area (Å²) < 4.78 is 3.96. The van der Waals surface area contributed by atoms with Gasteiger partial charge in [0, 0.05) is 50.6 Å². The number of aryl methyl sites for hydroxylation is 2. The Morgan fingerprint density at radius 3 is 2.37 bits per heavy atom. The van der Waals surface area contributed by atoms with Crippen LogP contribution >= 0.6 is 0 Å². The van der Waals surface area contributed by atoms with Crippen molar-refractivity contribution in [1.29, 1.82) is 0 Å². The number of aromatic nitrogens is 4. The molecule has 144 valence electrons. The third kappa shape index (κ3) is 4.82. The maximum Gasteiger partial charge on any atom is 0.0964 e. The van der Waals surface area contributed by atoms with Gasteiger partial charge in [-0.05, 0) is 6.42 Å². The van der Waals surface area contributed by atoms with Gasteiger partial charge >= 0.3 is 0 Å². The van der Waals surface area contributed by atoms with E-state index in [0.717, 1.165) is 42.0 Å². The average molecular weight is 369 g/mol. The van der Waals surface area contributed by atoms with Gasteiger partial charge in [-0.3, -0.25) is 9.58 Å². The highest BCUT2D eigenvalue weighted by Gasteiger charge is 2.16. The van der Waals surface area contributed by atoms with E-state index in [1.54, 1.807) is 4.68 Å². The van der Waals surface area contributed by atoms with Crippen LogP contribution in [0.4, 0.5) is 0 Å². The maximum atomic E-state index is 9.16. The van der Waals surface area contributed by atoms with Crippen molar-refractivity contribution in [3.05, 3.63) is 49.1 Å². The number of aliphatic hydroxyl groups is 2. The standard InChI is InChI=1S/C20H27N5O2/c1-23-15-18(14-22-23)20-19(17-6-3-2-4-7-17)21-16-25(20)9-5-8-24(10-12-26)11-13-27/h2-4,6-7,14-16,26-27H,5,8-13H2,1H3. The number of imidazole rings is 1. The molecule has 7 heteroatoms. The molecule has 2 heterocycles. The predicted molar refractivity (Wildman–Crippen MR) is 105 cm³/mol. The van der Waals surface area contributed by atoms with E-state index < -0.39 is 0 Å². The fourth-order valence-corrected chi connectivity index (χ4v) is 3.29. The molecule has 0 saturated carbocycles. The lowest BCUT2D eigenvalue weighted by Gasteiger charge is -2.20. The molecule has 0 aliphatic heterocycles. The number of hydrogen-bond donors (Lipinski definition) is 2. The van der Waals surface area contributed by atoms with Gasteiger partial charge in [0.1, 0.15) is 0 Å². The minimum absolute atomic E-state index is 0.101. The summed E-state index contributed by atoms with van der Waals surface area (Å²) in [5.41, 5.74) is 4.13. The van der Waals surface area contributed by atoms with Gasteiger partial charge in [0.05, 0.1) is 37.1 Å². The molecule has 3 rings (SSSR count). The van der Waals surface area contributed by atoms with E-state index in [0.29, 0.717) is 13.1 Å². The Labute approximate surface area is 159 Å². The fourth-order valence-electron chi connectivity index (χ4n) is 3.29. The molecule has 0 spiro atoms. The average Bonchev–Trinajstić information content (AvgIpc) is 3.29. The van der Waals surface area contributed by atoms with Gasteiger partial charge in [0.25, 0.3) is 0 Å². The predicted octanol–water partition coefficient (Wildman–Crippen LogP) is 1.63. The van der Waals surface area contributed by atoms with Crippen molar-refractivity contribution in [2.45, 2.75) is 13.0 Å². The van der Waals surface area contributed by atoms with Crippen LogP contribution in [-0.2, 0) is 13.6 Å². The summed E-state index contributed by atoms with van der Waals surface area (Å²) in [5.74, 6) is 0. The zero-order chi connectivity index (χ0) is 19.1. The molecule has 0 atom stereocenters. The van der Waals surface area contributed by atoms with Gasteiger partial charge in [-0.2, -0.15) is 5.10 Å². The van der Waals surface area contributed by atoms with Crippen molar-refractivity contribution < 1.29 is 10.2 Å². The summed E-state index contributed by atoms with van der Waals surface area (Å²) in [6.07, 6.45) is 6.65. The van der Waals surface area contributed by atoms with Gasteiger partial charge in [-0.25, -0.2) is 4.98 Å². The SMILES string of the molecule is Cn1cc(-c2c(-c3ccccc3)ncn2CCCN(CCO)CCO)cn1. The molecule has 0 aliphatic rings. The zero-order valence-corrected chi connectivity index (χ0v) is 15.7. The largest absolute Gasteiger partial charge is 0.395 e. The Bertz CT molecular complexity index is 822. The third-order valence-corrected chi connectivity index (χ3v) is 4.57. The molecule has 3 aromatic rings. The first kappa shape index (κ1) is 19.3. The summed E-state index contributed by atoms with van der Waals surface area (Å²) in [6.45, 7) is 2.97. The van der Waals surface area contributed by atoms with E-state index in [1.165, 1.54) is 0 Å². The van der Waals surface area contributed by atoms with E-state index >= 15 is 0 Å². The number of benzene rings is 1. The highest BCUT2D eigenvalue weighted by atomic mass is 16.3. The Kier molecular flexibility index (Phi) is 6.75. The van der Waals surface area contributed by atoms with Crippen molar-refractivity contribution in [1.82, 2.24) is 24.2 Å². The lowest BCUT2D eigenvalue weighted by molar-refractivity contribution is 0.158. The Morgan fingerprint density at radius 1 is 1.00 bits per heavy atom. The molecule has 7 nitrogen and oxygen atoms in total. The first-order valence-electron chi connectivity index (χ1n) is 9.26. The van der Waals surface area contributed by atoms with E-state index in [-0.39, 0.29) is 13.2 Å². The number of aliphatic hydroxyl groups excluding tert-OH is 2. The van der Waals surface area contributed by atoms with E-state index in [4.69, 9.17) is 10.2 Å². The van der Waals surface area contributed by atoms with Crippen molar-refractivity contribution in [2.75, 3.05) is 32.8 Å². The molecule has 0 aliphatic carbocycles. The van der Waals surface area contributed by atoms with E-state index in [2.05, 4.69) is 31.7 Å². The number of hydrogen-bond acceptors (Lipinski definition) is 5. The topological polar surface area (TPSA) is 79.3 Å². The summed E-state index contributed by atoms with van der Waals surface area (Å²) in [5, 5.41) is 22.6. The van der Waals surface area contributed by atoms with Crippen molar-refractivity contribution in [2.24, 2.45) is 7.05 Å². The minimum Gasteiger partial charge on any atom is -0.395 e. The van der Waals surface area contributed by atoms with Gasteiger partial charge in [-0.15, -0.1) is 0 Å². The maximum absolute atomic E-state index is 9.16. The molecular formula is C20H27N5O2. The molecule has 0 radical (unpaired) electrons. The number of nitrogens with zero attached hydrogens (tertiary/aromatic N) is 5. The van der Waals surface area contributed by atoms with Gasteiger partial charge in [0.2, 0.25) is 0 Å². The second-order valence-corrected chi connectivity index (χ2v) is 6.55. The summed E-state index contributed by atoms with van der Waals surface area (Å²) in [4.78, 5) is 6.74. The molecule has 0 saturated heterocycles. The van der Waals surface area contributed by atoms with Crippen LogP contribution in [0.5, 0.6) is 0 Å². The minimum atomic E-state index is 0.101. The Hall–Kier alpha value is -2.48. The van der Waals surface area contributed by atoms with Crippen LogP contribution in [0.3, 0.4) is 0 Å². The van der Waals surface area contributed by atoms with Crippen molar-refractivity contribution >= 4 is 0 Å². The molecule has 27 heavy (non-hydrogen) atoms. The lowest BCUT2D eigenvalue weighted by Crippen LogP contribution is -2.31. The zero-order valence-electron chi connectivity index (χ0n) is 15.7. The highest BCUT2D eigenvalue weighted by Crippen LogP contribution is 2.31. The Morgan fingerprint density at radius 2 is 1.74 bits per heavy atom. The summed E-state index contributed by atoms with van der Waals surface area (Å²) in [6, 6.07) is 10.2. The van der Waals surface area contributed by atoms with E-state index in [1.807, 2.05) is 44.0 Å². The Balaban J connectivity index is 1.82. The van der Waals surface area contributed by atoms with Crippen LogP contribution in [0.2, 0.25) is 0 Å². The second kappa shape index (κ2) is 9.45. The van der Waals surface area contributed by atoms with Gasteiger partial charge in [-0.1, -0.05) is 30.3 Å².